The van der Waals surface area contributed by atoms with Crippen molar-refractivity contribution in [3.63, 3.8) is 0 Å². The molecule has 0 bridgehead atoms. The van der Waals surface area contributed by atoms with Crippen LogP contribution in [-0.4, -0.2) is 99.1 Å². The number of aliphatic hydroxyl groups excluding tert-OH is 1. The minimum Gasteiger partial charge on any atom is -0.493 e. The Bertz CT molecular complexity index is 1420. The lowest BCUT2D eigenvalue weighted by atomic mass is 9.76. The highest BCUT2D eigenvalue weighted by Crippen LogP contribution is 2.36. The summed E-state index contributed by atoms with van der Waals surface area (Å²) in [5.41, 5.74) is 1.86. The van der Waals surface area contributed by atoms with Crippen molar-refractivity contribution in [1.82, 2.24) is 9.80 Å². The maximum absolute atomic E-state index is 14.3. The van der Waals surface area contributed by atoms with Gasteiger partial charge in [-0.2, -0.15) is 0 Å². The summed E-state index contributed by atoms with van der Waals surface area (Å²) in [5.74, 6) is 1.00. The maximum Gasteiger partial charge on any atom is 0.329 e. The summed E-state index contributed by atoms with van der Waals surface area (Å²) in [4.78, 5) is 32.6. The van der Waals surface area contributed by atoms with E-state index in [0.717, 1.165) is 94.7 Å². The number of hydrogen-bond donors (Lipinski definition) is 1. The van der Waals surface area contributed by atoms with Gasteiger partial charge in [0.2, 0.25) is 5.91 Å². The van der Waals surface area contributed by atoms with E-state index in [1.54, 1.807) is 31.3 Å². The third-order valence-corrected chi connectivity index (χ3v) is 10.7. The van der Waals surface area contributed by atoms with Crippen LogP contribution in [0.15, 0.2) is 54.6 Å². The number of likely N-dealkylation sites (tertiary alicyclic amines) is 1. The first-order valence-corrected chi connectivity index (χ1v) is 19.0. The largest absolute Gasteiger partial charge is 0.493 e. The fourth-order valence-electron chi connectivity index (χ4n) is 7.84. The molecule has 3 fully saturated rings. The van der Waals surface area contributed by atoms with Gasteiger partial charge in [-0.3, -0.25) is 9.69 Å². The van der Waals surface area contributed by atoms with E-state index in [9.17, 15) is 14.7 Å². The first kappa shape index (κ1) is 38.6. The highest BCUT2D eigenvalue weighted by atomic mass is 16.5. The van der Waals surface area contributed by atoms with Gasteiger partial charge >= 0.3 is 5.97 Å². The monoisotopic (exact) mass is 706 g/mol. The number of carbonyl (C=O) groups excluding carboxylic acids is 2. The molecule has 4 atom stereocenters. The van der Waals surface area contributed by atoms with Crippen molar-refractivity contribution in [2.24, 2.45) is 11.8 Å². The van der Waals surface area contributed by atoms with E-state index < -0.39 is 30.1 Å². The smallest absolute Gasteiger partial charge is 0.329 e. The molecule has 2 saturated heterocycles. The van der Waals surface area contributed by atoms with Crippen LogP contribution in [0.1, 0.15) is 81.9 Å². The average Bonchev–Trinajstić information content (AvgIpc) is 3.17. The first-order valence-electron chi connectivity index (χ1n) is 19.0. The summed E-state index contributed by atoms with van der Waals surface area (Å²) in [6.45, 7) is 6.96. The van der Waals surface area contributed by atoms with Crippen LogP contribution >= 0.6 is 0 Å². The van der Waals surface area contributed by atoms with Crippen LogP contribution in [0.3, 0.4) is 0 Å². The van der Waals surface area contributed by atoms with Gasteiger partial charge in [0, 0.05) is 26.2 Å². The average molecular weight is 707 g/mol. The zero-order valence-corrected chi connectivity index (χ0v) is 30.8. The van der Waals surface area contributed by atoms with Gasteiger partial charge < -0.3 is 33.7 Å². The quantitative estimate of drug-likeness (QED) is 0.163. The van der Waals surface area contributed by atoms with E-state index in [2.05, 4.69) is 4.90 Å². The third kappa shape index (κ3) is 10.7. The Labute approximate surface area is 304 Å². The SMILES string of the molecule is C/C=C/[C@@H](O)[C@@H](C(=O)N1CCCCC1C(=O)OC(CCc1ccc(OC)c(OC)c1)c1cccc(OCCN2CCOCC2)c1)C1CCCCC1. The molecular formula is C41H58N2O8. The summed E-state index contributed by atoms with van der Waals surface area (Å²) in [6, 6.07) is 12.9. The molecule has 280 valence electrons. The van der Waals surface area contributed by atoms with Crippen LogP contribution in [0.2, 0.25) is 0 Å². The first-order chi connectivity index (χ1) is 24.9. The van der Waals surface area contributed by atoms with Crippen molar-refractivity contribution in [1.29, 1.82) is 0 Å². The number of hydrogen-bond acceptors (Lipinski definition) is 9. The maximum atomic E-state index is 14.3. The number of esters is 1. The molecule has 1 amide bonds. The zero-order chi connectivity index (χ0) is 36.0. The molecule has 2 aliphatic heterocycles. The lowest BCUT2D eigenvalue weighted by molar-refractivity contribution is -0.165. The van der Waals surface area contributed by atoms with Crippen LogP contribution in [0.25, 0.3) is 0 Å². The van der Waals surface area contributed by atoms with Crippen LogP contribution in [-0.2, 0) is 25.5 Å². The normalized spacial score (nSPS) is 20.8. The molecule has 0 aromatic heterocycles. The molecule has 3 aliphatic rings. The van der Waals surface area contributed by atoms with Crippen LogP contribution < -0.4 is 14.2 Å². The number of rotatable bonds is 16. The van der Waals surface area contributed by atoms with Gasteiger partial charge in [0.25, 0.3) is 0 Å². The Morgan fingerprint density at radius 3 is 2.45 bits per heavy atom. The Kier molecular flexibility index (Phi) is 15.0. The number of amides is 1. The van der Waals surface area contributed by atoms with Crippen molar-refractivity contribution < 1.29 is 38.4 Å². The summed E-state index contributed by atoms with van der Waals surface area (Å²) < 4.78 is 29.0. The molecule has 2 unspecified atom stereocenters. The Morgan fingerprint density at radius 2 is 1.71 bits per heavy atom. The number of morpholine rings is 1. The number of piperidine rings is 1. The number of carbonyl (C=O) groups is 2. The molecule has 0 spiro atoms. The lowest BCUT2D eigenvalue weighted by Crippen LogP contribution is -2.53. The number of allylic oxidation sites excluding steroid dienone is 1. The second-order valence-electron chi connectivity index (χ2n) is 14.0. The Balaban J connectivity index is 1.35. The number of aryl methyl sites for hydroxylation is 1. The van der Waals surface area contributed by atoms with Crippen molar-refractivity contribution in [2.45, 2.75) is 89.4 Å². The minimum atomic E-state index is -0.885. The van der Waals surface area contributed by atoms with Gasteiger partial charge in [-0.05, 0) is 93.2 Å². The fourth-order valence-corrected chi connectivity index (χ4v) is 7.84. The lowest BCUT2D eigenvalue weighted by Gasteiger charge is -2.40. The van der Waals surface area contributed by atoms with Gasteiger partial charge in [0.15, 0.2) is 11.5 Å². The van der Waals surface area contributed by atoms with E-state index in [0.29, 0.717) is 43.9 Å². The number of nitrogens with zero attached hydrogens (tertiary/aromatic N) is 2. The molecular weight excluding hydrogens is 648 g/mol. The number of benzene rings is 2. The van der Waals surface area contributed by atoms with Crippen molar-refractivity contribution in [3.8, 4) is 17.2 Å². The molecule has 2 aromatic rings. The predicted molar refractivity (Wildman–Crippen MR) is 196 cm³/mol. The highest BCUT2D eigenvalue weighted by molar-refractivity contribution is 5.87. The highest BCUT2D eigenvalue weighted by Gasteiger charge is 2.42. The van der Waals surface area contributed by atoms with Crippen LogP contribution in [0.4, 0.5) is 0 Å². The second kappa shape index (κ2) is 19.9. The molecule has 1 aliphatic carbocycles. The van der Waals surface area contributed by atoms with E-state index in [-0.39, 0.29) is 11.8 Å². The van der Waals surface area contributed by atoms with E-state index >= 15 is 0 Å². The van der Waals surface area contributed by atoms with Crippen molar-refractivity contribution >= 4 is 11.9 Å². The molecule has 5 rings (SSSR count). The van der Waals surface area contributed by atoms with E-state index in [4.69, 9.17) is 23.7 Å². The van der Waals surface area contributed by atoms with Gasteiger partial charge in [-0.1, -0.05) is 49.6 Å². The van der Waals surface area contributed by atoms with Gasteiger partial charge in [0.05, 0.1) is 39.5 Å². The molecule has 51 heavy (non-hydrogen) atoms. The number of aliphatic hydroxyl groups is 1. The predicted octanol–water partition coefficient (Wildman–Crippen LogP) is 6.15. The van der Waals surface area contributed by atoms with Gasteiger partial charge in [-0.15, -0.1) is 0 Å². The summed E-state index contributed by atoms with van der Waals surface area (Å²) >= 11 is 0. The van der Waals surface area contributed by atoms with Crippen LogP contribution in [0, 0.1) is 11.8 Å². The zero-order valence-electron chi connectivity index (χ0n) is 30.8. The topological polar surface area (TPSA) is 107 Å². The Morgan fingerprint density at radius 1 is 0.941 bits per heavy atom. The van der Waals surface area contributed by atoms with E-state index in [1.807, 2.05) is 49.4 Å². The van der Waals surface area contributed by atoms with Crippen molar-refractivity contribution in [3.05, 3.63) is 65.7 Å². The number of methoxy groups -OCH3 is 2. The molecule has 10 nitrogen and oxygen atoms in total. The molecule has 1 saturated carbocycles. The van der Waals surface area contributed by atoms with Crippen LogP contribution in [0.5, 0.6) is 17.2 Å². The van der Waals surface area contributed by atoms with Gasteiger partial charge in [0.1, 0.15) is 24.5 Å². The summed E-state index contributed by atoms with van der Waals surface area (Å²) in [5, 5.41) is 11.2. The summed E-state index contributed by atoms with van der Waals surface area (Å²) in [6.07, 6.45) is 10.5. The third-order valence-electron chi connectivity index (χ3n) is 10.7. The molecule has 2 heterocycles. The standard InChI is InChI=1S/C41H58N2O8/c1-4-11-35(44)39(31-12-6-5-7-13-31)40(45)43-21-9-8-16-34(43)41(46)51-36(19-17-30-18-20-37(47-2)38(28-30)48-3)32-14-10-15-33(29-32)50-27-24-42-22-25-49-26-23-42/h4,10-11,14-15,18,20,28-29,31,34-36,39,44H,5-9,12-13,16-17,19,21-27H2,1-3H3/b11-4+/t34?,35-,36?,39+/m1/s1. The molecule has 10 heteroatoms. The van der Waals surface area contributed by atoms with Crippen molar-refractivity contribution in [2.75, 3.05) is 60.2 Å². The Hall–Kier alpha value is -3.60. The van der Waals surface area contributed by atoms with E-state index in [1.165, 1.54) is 0 Å². The minimum absolute atomic E-state index is 0.0938. The second-order valence-corrected chi connectivity index (χ2v) is 14.0. The molecule has 1 N–H and O–H groups in total. The number of ether oxygens (including phenoxy) is 5. The molecule has 0 radical (unpaired) electrons. The molecule has 2 aromatic carbocycles. The summed E-state index contributed by atoms with van der Waals surface area (Å²) in [7, 11) is 3.23. The fraction of sp³-hybridized carbons (Fsp3) is 0.610. The van der Waals surface area contributed by atoms with Gasteiger partial charge in [-0.25, -0.2) is 4.79 Å².